The van der Waals surface area contributed by atoms with Gasteiger partial charge in [-0.2, -0.15) is 0 Å². The number of nitrogens with one attached hydrogen (secondary N) is 1. The molecule has 0 aliphatic carbocycles. The van der Waals surface area contributed by atoms with Crippen LogP contribution in [0.1, 0.15) is 34.6 Å². The maximum Gasteiger partial charge on any atom is 0.305 e. The summed E-state index contributed by atoms with van der Waals surface area (Å²) >= 11 is 0. The molecule has 0 aromatic rings. The summed E-state index contributed by atoms with van der Waals surface area (Å²) in [6.45, 7) is 5.66. The number of amides is 1. The summed E-state index contributed by atoms with van der Waals surface area (Å²) in [7, 11) is 0. The molecular weight excluding hydrogens is 366 g/mol. The standard InChI is InChI=1S/C16H25NO10/c1-7(18)17-13-15(25-10(4)21)14(24-9(3)20)12(6-23-8(2)19)27-16(13)26-11(5)22/h9,12-16,20H,6H2,1-5H3,(H,17,18)/t9?,12-,13-,14-,15-,16-/m1/s1. The summed E-state index contributed by atoms with van der Waals surface area (Å²) in [4.78, 5) is 45.8. The molecule has 1 heterocycles. The van der Waals surface area contributed by atoms with Gasteiger partial charge < -0.3 is 34.1 Å². The number of aliphatic hydroxyl groups is 1. The number of aliphatic hydroxyl groups excluding tert-OH is 1. The fraction of sp³-hybridized carbons (Fsp3) is 0.750. The zero-order chi connectivity index (χ0) is 20.7. The van der Waals surface area contributed by atoms with E-state index in [1.54, 1.807) is 0 Å². The van der Waals surface area contributed by atoms with Crippen molar-refractivity contribution in [3.05, 3.63) is 0 Å². The number of carbonyl (C=O) groups excluding carboxylic acids is 4. The first-order valence-corrected chi connectivity index (χ1v) is 8.25. The number of rotatable bonds is 7. The van der Waals surface area contributed by atoms with Gasteiger partial charge in [-0.25, -0.2) is 0 Å². The topological polar surface area (TPSA) is 147 Å². The molecule has 1 aliphatic heterocycles. The number of esters is 3. The summed E-state index contributed by atoms with van der Waals surface area (Å²) in [5.41, 5.74) is 0. The van der Waals surface area contributed by atoms with Gasteiger partial charge in [0.1, 0.15) is 24.9 Å². The number of hydrogen-bond acceptors (Lipinski definition) is 10. The van der Waals surface area contributed by atoms with Crippen LogP contribution in [0.15, 0.2) is 0 Å². The summed E-state index contributed by atoms with van der Waals surface area (Å²) in [6, 6.07) is -1.12. The Bertz CT molecular complexity index is 563. The van der Waals surface area contributed by atoms with E-state index in [9.17, 15) is 24.3 Å². The van der Waals surface area contributed by atoms with Crippen LogP contribution < -0.4 is 5.32 Å². The van der Waals surface area contributed by atoms with Crippen molar-refractivity contribution in [1.82, 2.24) is 5.32 Å². The van der Waals surface area contributed by atoms with Crippen LogP contribution in [0.5, 0.6) is 0 Å². The van der Waals surface area contributed by atoms with Gasteiger partial charge in [-0.1, -0.05) is 0 Å². The minimum Gasteiger partial charge on any atom is -0.463 e. The number of ether oxygens (including phenoxy) is 5. The van der Waals surface area contributed by atoms with E-state index in [-0.39, 0.29) is 6.61 Å². The third-order valence-electron chi connectivity index (χ3n) is 3.41. The first kappa shape index (κ1) is 22.8. The summed E-state index contributed by atoms with van der Waals surface area (Å²) < 4.78 is 26.3. The Morgan fingerprint density at radius 3 is 2.04 bits per heavy atom. The minimum absolute atomic E-state index is 0.324. The van der Waals surface area contributed by atoms with Crippen molar-refractivity contribution in [2.75, 3.05) is 6.61 Å². The van der Waals surface area contributed by atoms with Crippen molar-refractivity contribution in [3.63, 3.8) is 0 Å². The van der Waals surface area contributed by atoms with Gasteiger partial charge >= 0.3 is 17.9 Å². The van der Waals surface area contributed by atoms with Crippen LogP contribution in [-0.2, 0) is 42.9 Å². The van der Waals surface area contributed by atoms with Gasteiger partial charge in [-0.15, -0.1) is 0 Å². The Kier molecular flexibility index (Phi) is 8.60. The third kappa shape index (κ3) is 7.49. The van der Waals surface area contributed by atoms with E-state index in [1.165, 1.54) is 20.8 Å². The molecule has 0 bridgehead atoms. The van der Waals surface area contributed by atoms with Gasteiger partial charge in [0.25, 0.3) is 0 Å². The zero-order valence-electron chi connectivity index (χ0n) is 15.8. The molecule has 154 valence electrons. The Hall–Kier alpha value is -2.24. The summed E-state index contributed by atoms with van der Waals surface area (Å²) in [6.07, 6.45) is -6.01. The first-order chi connectivity index (χ1) is 12.5. The minimum atomic E-state index is -1.34. The third-order valence-corrected chi connectivity index (χ3v) is 3.41. The molecule has 0 saturated carbocycles. The predicted octanol–water partition coefficient (Wildman–Crippen LogP) is -1.00. The Labute approximate surface area is 156 Å². The van der Waals surface area contributed by atoms with Crippen LogP contribution in [0.2, 0.25) is 0 Å². The molecule has 11 heteroatoms. The van der Waals surface area contributed by atoms with E-state index in [1.807, 2.05) is 0 Å². The highest BCUT2D eigenvalue weighted by molar-refractivity contribution is 5.74. The monoisotopic (exact) mass is 391 g/mol. The van der Waals surface area contributed by atoms with Crippen LogP contribution in [0.3, 0.4) is 0 Å². The van der Waals surface area contributed by atoms with Crippen molar-refractivity contribution < 1.29 is 48.0 Å². The Balaban J connectivity index is 3.27. The van der Waals surface area contributed by atoms with Crippen molar-refractivity contribution in [3.8, 4) is 0 Å². The van der Waals surface area contributed by atoms with Gasteiger partial charge in [0.15, 0.2) is 12.4 Å². The average molecular weight is 391 g/mol. The summed E-state index contributed by atoms with van der Waals surface area (Å²) in [5.74, 6) is -2.53. The van der Waals surface area contributed by atoms with Crippen molar-refractivity contribution >= 4 is 23.8 Å². The molecule has 11 nitrogen and oxygen atoms in total. The van der Waals surface area contributed by atoms with E-state index in [2.05, 4.69) is 5.32 Å². The highest BCUT2D eigenvalue weighted by Gasteiger charge is 2.51. The normalized spacial score (nSPS) is 28.6. The molecule has 2 N–H and O–H groups in total. The highest BCUT2D eigenvalue weighted by atomic mass is 16.7. The van der Waals surface area contributed by atoms with E-state index in [0.717, 1.165) is 13.8 Å². The Morgan fingerprint density at radius 2 is 1.59 bits per heavy atom. The molecule has 27 heavy (non-hydrogen) atoms. The van der Waals surface area contributed by atoms with Crippen molar-refractivity contribution in [1.29, 1.82) is 0 Å². The van der Waals surface area contributed by atoms with Crippen molar-refractivity contribution in [2.45, 2.75) is 71.6 Å². The smallest absolute Gasteiger partial charge is 0.305 e. The molecular formula is C16H25NO10. The molecule has 1 amide bonds. The second-order valence-electron chi connectivity index (χ2n) is 5.96. The SMILES string of the molecule is CC(=O)N[C@H]1[C@H](OC(C)=O)O[C@H](COC(C)=O)[C@@H](OC(C)O)[C@@H]1OC(C)=O. The molecule has 0 radical (unpaired) electrons. The second-order valence-corrected chi connectivity index (χ2v) is 5.96. The average Bonchev–Trinajstić information content (AvgIpc) is 2.49. The molecule has 0 aromatic carbocycles. The van der Waals surface area contributed by atoms with Gasteiger partial charge in [-0.3, -0.25) is 19.2 Å². The lowest BCUT2D eigenvalue weighted by Gasteiger charge is -2.45. The number of hydrogen-bond donors (Lipinski definition) is 2. The van der Waals surface area contributed by atoms with Crippen molar-refractivity contribution in [2.24, 2.45) is 0 Å². The van der Waals surface area contributed by atoms with E-state index >= 15 is 0 Å². The van der Waals surface area contributed by atoms with Crippen LogP contribution >= 0.6 is 0 Å². The largest absolute Gasteiger partial charge is 0.463 e. The van der Waals surface area contributed by atoms with Crippen LogP contribution in [0, 0.1) is 0 Å². The molecule has 1 saturated heterocycles. The maximum absolute atomic E-state index is 11.6. The van der Waals surface area contributed by atoms with E-state index < -0.39 is 60.7 Å². The van der Waals surface area contributed by atoms with E-state index in [4.69, 9.17) is 23.7 Å². The maximum atomic E-state index is 11.6. The lowest BCUT2D eigenvalue weighted by atomic mass is 9.96. The van der Waals surface area contributed by atoms with Crippen LogP contribution in [-0.4, -0.2) is 72.5 Å². The van der Waals surface area contributed by atoms with Gasteiger partial charge in [0.2, 0.25) is 12.2 Å². The van der Waals surface area contributed by atoms with Gasteiger partial charge in [-0.05, 0) is 6.92 Å². The lowest BCUT2D eigenvalue weighted by molar-refractivity contribution is -0.292. The first-order valence-electron chi connectivity index (χ1n) is 8.25. The quantitative estimate of drug-likeness (QED) is 0.314. The zero-order valence-corrected chi connectivity index (χ0v) is 15.8. The van der Waals surface area contributed by atoms with Gasteiger partial charge in [0.05, 0.1) is 0 Å². The molecule has 0 aromatic heterocycles. The lowest BCUT2D eigenvalue weighted by Crippen LogP contribution is -2.66. The molecule has 1 unspecified atom stereocenters. The van der Waals surface area contributed by atoms with Crippen LogP contribution in [0.25, 0.3) is 0 Å². The van der Waals surface area contributed by atoms with E-state index in [0.29, 0.717) is 0 Å². The number of carbonyl (C=O) groups is 4. The fourth-order valence-electron chi connectivity index (χ4n) is 2.61. The molecule has 1 fully saturated rings. The molecule has 1 aliphatic rings. The Morgan fingerprint density at radius 1 is 1.00 bits per heavy atom. The highest BCUT2D eigenvalue weighted by Crippen LogP contribution is 2.28. The van der Waals surface area contributed by atoms with Gasteiger partial charge in [0, 0.05) is 27.7 Å². The second kappa shape index (κ2) is 10.2. The molecule has 1 rings (SSSR count). The predicted molar refractivity (Wildman–Crippen MR) is 86.8 cm³/mol. The molecule has 6 atom stereocenters. The fourth-order valence-corrected chi connectivity index (χ4v) is 2.61. The summed E-state index contributed by atoms with van der Waals surface area (Å²) in [5, 5.41) is 12.1. The van der Waals surface area contributed by atoms with Crippen LogP contribution in [0.4, 0.5) is 0 Å². The molecule has 0 spiro atoms.